The number of alkyl halides is 2. The minimum absolute atomic E-state index is 0.0244. The van der Waals surface area contributed by atoms with Crippen molar-refractivity contribution >= 4 is 5.91 Å². The minimum atomic E-state index is -3.56. The lowest BCUT2D eigenvalue weighted by Gasteiger charge is -2.30. The molecule has 1 unspecified atom stereocenters. The molecule has 1 aromatic heterocycles. The molecule has 1 heterocycles. The molecule has 0 aliphatic heterocycles. The first-order chi connectivity index (χ1) is 10.5. The van der Waals surface area contributed by atoms with E-state index in [1.807, 2.05) is 6.92 Å². The summed E-state index contributed by atoms with van der Waals surface area (Å²) in [7, 11) is 0. The van der Waals surface area contributed by atoms with Gasteiger partial charge in [0, 0.05) is 6.04 Å². The van der Waals surface area contributed by atoms with Crippen LogP contribution in [0.3, 0.4) is 0 Å². The van der Waals surface area contributed by atoms with E-state index in [0.29, 0.717) is 5.92 Å². The molecule has 2 rings (SSSR count). The highest BCUT2D eigenvalue weighted by Crippen LogP contribution is 2.28. The van der Waals surface area contributed by atoms with E-state index < -0.39 is 18.6 Å². The monoisotopic (exact) mass is 316 g/mol. The lowest BCUT2D eigenvalue weighted by molar-refractivity contribution is -0.131. The summed E-state index contributed by atoms with van der Waals surface area (Å²) in [4.78, 5) is 12.2. The normalized spacial score (nSPS) is 18.2. The number of aliphatic hydroxyl groups is 1. The predicted molar refractivity (Wildman–Crippen MR) is 75.4 cm³/mol. The summed E-state index contributed by atoms with van der Waals surface area (Å²) in [6.07, 6.45) is 7.36. The molecule has 1 atom stereocenters. The predicted octanol–water partition coefficient (Wildman–Crippen LogP) is 1.91. The Morgan fingerprint density at radius 1 is 1.50 bits per heavy atom. The summed E-state index contributed by atoms with van der Waals surface area (Å²) in [6.45, 7) is 0.605. The topological polar surface area (TPSA) is 80.0 Å². The smallest absolute Gasteiger partial charge is 0.367 e. The van der Waals surface area contributed by atoms with Gasteiger partial charge in [-0.3, -0.25) is 4.79 Å². The highest BCUT2D eigenvalue weighted by Gasteiger charge is 2.33. The molecule has 1 aromatic rings. The number of halogens is 2. The highest BCUT2D eigenvalue weighted by atomic mass is 19.3. The molecule has 1 aliphatic rings. The van der Waals surface area contributed by atoms with Gasteiger partial charge < -0.3 is 10.4 Å². The van der Waals surface area contributed by atoms with Crippen LogP contribution in [0.4, 0.5) is 8.78 Å². The Bertz CT molecular complexity index is 501. The number of carbonyl (C=O) groups excluding carboxylic acids is 1. The van der Waals surface area contributed by atoms with Crippen LogP contribution in [-0.4, -0.2) is 38.7 Å². The number of hydrogen-bond acceptors (Lipinski definition) is 4. The molecule has 0 spiro atoms. The molecule has 1 aliphatic carbocycles. The standard InChI is InChI=1S/C14H22F2N4O2/c1-2-11(10-6-4-3-5-7-10)17-13(22)12-8-20(19-18-12)14(15,16)9-21/h8,10-11,21H,2-7,9H2,1H3,(H,17,22). The number of amides is 1. The Kier molecular flexibility index (Phi) is 5.44. The number of carbonyl (C=O) groups is 1. The van der Waals surface area contributed by atoms with Gasteiger partial charge in [-0.15, -0.1) is 5.10 Å². The molecule has 6 nitrogen and oxygen atoms in total. The van der Waals surface area contributed by atoms with Crippen molar-refractivity contribution in [1.29, 1.82) is 0 Å². The molecular formula is C14H22F2N4O2. The molecule has 0 saturated heterocycles. The van der Waals surface area contributed by atoms with Crippen LogP contribution in [0.5, 0.6) is 0 Å². The molecule has 0 radical (unpaired) electrons. The Morgan fingerprint density at radius 3 is 2.77 bits per heavy atom. The summed E-state index contributed by atoms with van der Waals surface area (Å²) in [5.74, 6) is -0.0750. The maximum Gasteiger partial charge on any atom is 0.367 e. The van der Waals surface area contributed by atoms with Crippen LogP contribution < -0.4 is 5.32 Å². The second kappa shape index (κ2) is 7.13. The maximum absolute atomic E-state index is 13.3. The van der Waals surface area contributed by atoms with Crippen molar-refractivity contribution in [2.75, 3.05) is 6.61 Å². The number of nitrogens with zero attached hydrogens (tertiary/aromatic N) is 3. The largest absolute Gasteiger partial charge is 0.388 e. The number of hydrogen-bond donors (Lipinski definition) is 2. The van der Waals surface area contributed by atoms with Crippen molar-refractivity contribution in [3.63, 3.8) is 0 Å². The quantitative estimate of drug-likeness (QED) is 0.840. The van der Waals surface area contributed by atoms with Crippen LogP contribution in [0.15, 0.2) is 6.20 Å². The van der Waals surface area contributed by atoms with E-state index in [2.05, 4.69) is 15.6 Å². The molecule has 22 heavy (non-hydrogen) atoms. The Hall–Kier alpha value is -1.57. The lowest BCUT2D eigenvalue weighted by atomic mass is 9.83. The average molecular weight is 316 g/mol. The molecule has 8 heteroatoms. The zero-order chi connectivity index (χ0) is 16.2. The van der Waals surface area contributed by atoms with Crippen LogP contribution >= 0.6 is 0 Å². The lowest BCUT2D eigenvalue weighted by Crippen LogP contribution is -2.40. The number of rotatable bonds is 6. The molecule has 1 amide bonds. The molecule has 2 N–H and O–H groups in total. The molecule has 0 bridgehead atoms. The summed E-state index contributed by atoms with van der Waals surface area (Å²) in [6, 6.07) is -3.53. The van der Waals surface area contributed by atoms with Gasteiger partial charge >= 0.3 is 6.05 Å². The van der Waals surface area contributed by atoms with Gasteiger partial charge in [0.1, 0.15) is 6.61 Å². The van der Waals surface area contributed by atoms with Gasteiger partial charge in [0.2, 0.25) is 0 Å². The second-order valence-electron chi connectivity index (χ2n) is 5.76. The number of nitrogens with one attached hydrogen (secondary N) is 1. The van der Waals surface area contributed by atoms with E-state index in [4.69, 9.17) is 5.11 Å². The van der Waals surface area contributed by atoms with Crippen molar-refractivity contribution < 1.29 is 18.7 Å². The number of aliphatic hydroxyl groups excluding tert-OH is 1. The van der Waals surface area contributed by atoms with E-state index >= 15 is 0 Å². The van der Waals surface area contributed by atoms with Crippen molar-refractivity contribution in [2.45, 2.75) is 57.5 Å². The average Bonchev–Trinajstić information content (AvgIpc) is 3.04. The minimum Gasteiger partial charge on any atom is -0.388 e. The molecule has 1 saturated carbocycles. The van der Waals surface area contributed by atoms with Crippen LogP contribution in [-0.2, 0) is 6.05 Å². The van der Waals surface area contributed by atoms with Crippen LogP contribution in [0.25, 0.3) is 0 Å². The maximum atomic E-state index is 13.3. The third kappa shape index (κ3) is 3.79. The van der Waals surface area contributed by atoms with E-state index in [1.165, 1.54) is 6.42 Å². The Labute approximate surface area is 127 Å². The van der Waals surface area contributed by atoms with Crippen molar-refractivity contribution in [3.05, 3.63) is 11.9 Å². The van der Waals surface area contributed by atoms with Crippen LogP contribution in [0.2, 0.25) is 0 Å². The van der Waals surface area contributed by atoms with Crippen LogP contribution in [0.1, 0.15) is 55.9 Å². The summed E-state index contributed by atoms with van der Waals surface area (Å²) >= 11 is 0. The van der Waals surface area contributed by atoms with Gasteiger partial charge in [-0.05, 0) is 25.2 Å². The van der Waals surface area contributed by atoms with Crippen molar-refractivity contribution in [2.24, 2.45) is 5.92 Å². The zero-order valence-electron chi connectivity index (χ0n) is 12.6. The van der Waals surface area contributed by atoms with Crippen molar-refractivity contribution in [1.82, 2.24) is 20.3 Å². The van der Waals surface area contributed by atoms with Gasteiger partial charge in [0.05, 0.1) is 6.20 Å². The van der Waals surface area contributed by atoms with Gasteiger partial charge in [0.15, 0.2) is 5.69 Å². The van der Waals surface area contributed by atoms with Gasteiger partial charge in [-0.2, -0.15) is 13.5 Å². The second-order valence-corrected chi connectivity index (χ2v) is 5.76. The van der Waals surface area contributed by atoms with E-state index in [0.717, 1.165) is 38.3 Å². The summed E-state index contributed by atoms with van der Waals surface area (Å²) in [5.41, 5.74) is -0.164. The summed E-state index contributed by atoms with van der Waals surface area (Å²) in [5, 5.41) is 18.2. The van der Waals surface area contributed by atoms with E-state index in [1.54, 1.807) is 0 Å². The first kappa shape index (κ1) is 16.8. The van der Waals surface area contributed by atoms with Gasteiger partial charge in [-0.1, -0.05) is 31.4 Å². The molecular weight excluding hydrogens is 294 g/mol. The summed E-state index contributed by atoms with van der Waals surface area (Å²) < 4.78 is 26.7. The van der Waals surface area contributed by atoms with Crippen LogP contribution in [0, 0.1) is 5.92 Å². The fourth-order valence-corrected chi connectivity index (χ4v) is 2.93. The first-order valence-corrected chi connectivity index (χ1v) is 7.70. The van der Waals surface area contributed by atoms with E-state index in [-0.39, 0.29) is 16.4 Å². The first-order valence-electron chi connectivity index (χ1n) is 7.70. The third-order valence-electron chi connectivity index (χ3n) is 4.23. The zero-order valence-corrected chi connectivity index (χ0v) is 12.6. The van der Waals surface area contributed by atoms with Gasteiger partial charge in [0.25, 0.3) is 5.91 Å². The molecule has 0 aromatic carbocycles. The van der Waals surface area contributed by atoms with Crippen molar-refractivity contribution in [3.8, 4) is 0 Å². The van der Waals surface area contributed by atoms with Gasteiger partial charge in [-0.25, -0.2) is 0 Å². The Morgan fingerprint density at radius 2 is 2.18 bits per heavy atom. The fourth-order valence-electron chi connectivity index (χ4n) is 2.93. The number of aromatic nitrogens is 3. The van der Waals surface area contributed by atoms with E-state index in [9.17, 15) is 13.6 Å². The third-order valence-corrected chi connectivity index (χ3v) is 4.23. The molecule has 1 fully saturated rings. The Balaban J connectivity index is 2.01. The fraction of sp³-hybridized carbons (Fsp3) is 0.786. The highest BCUT2D eigenvalue weighted by molar-refractivity contribution is 5.92. The molecule has 124 valence electrons. The SMILES string of the molecule is CCC(NC(=O)c1cn(C(F)(F)CO)nn1)C1CCCCC1.